The zero-order valence-corrected chi connectivity index (χ0v) is 12.6. The highest BCUT2D eigenvalue weighted by Crippen LogP contribution is 2.12. The van der Waals surface area contributed by atoms with Crippen LogP contribution < -0.4 is 5.32 Å². The molecule has 0 amide bonds. The van der Waals surface area contributed by atoms with Crippen molar-refractivity contribution >= 4 is 9.84 Å². The Hall–Kier alpha value is -1.42. The summed E-state index contributed by atoms with van der Waals surface area (Å²) in [7, 11) is -3.36. The van der Waals surface area contributed by atoms with Crippen LogP contribution in [0, 0.1) is 11.3 Å². The number of hydrogen-bond acceptors (Lipinski definition) is 5. The van der Waals surface area contributed by atoms with Gasteiger partial charge in [-0.15, -0.1) is 0 Å². The molecular weight excluding hydrogens is 276 g/mol. The van der Waals surface area contributed by atoms with E-state index in [2.05, 4.69) is 5.32 Å². The van der Waals surface area contributed by atoms with Crippen molar-refractivity contribution in [3.05, 3.63) is 29.8 Å². The van der Waals surface area contributed by atoms with Crippen molar-refractivity contribution in [1.29, 1.82) is 5.26 Å². The zero-order valence-electron chi connectivity index (χ0n) is 11.8. The fourth-order valence-corrected chi connectivity index (χ4v) is 2.88. The number of benzene rings is 1. The Labute approximate surface area is 120 Å². The molecular formula is C14H20N2O3S. The lowest BCUT2D eigenvalue weighted by atomic mass is 10.2. The van der Waals surface area contributed by atoms with E-state index in [1.54, 1.807) is 12.1 Å². The minimum atomic E-state index is -3.36. The van der Waals surface area contributed by atoms with Gasteiger partial charge in [0.2, 0.25) is 0 Å². The van der Waals surface area contributed by atoms with Crippen LogP contribution >= 0.6 is 0 Å². The molecule has 6 heteroatoms. The molecule has 5 nitrogen and oxygen atoms in total. The number of nitrogens with zero attached hydrogens (tertiary/aromatic N) is 1. The van der Waals surface area contributed by atoms with E-state index in [1.165, 1.54) is 12.1 Å². The normalized spacial score (nSPS) is 12.8. The Morgan fingerprint density at radius 1 is 1.45 bits per heavy atom. The molecule has 0 saturated carbocycles. The van der Waals surface area contributed by atoms with Gasteiger partial charge in [0, 0.05) is 19.2 Å². The molecule has 0 spiro atoms. The Bertz CT molecular complexity index is 564. The molecule has 20 heavy (non-hydrogen) atoms. The maximum Gasteiger partial charge on any atom is 0.179 e. The number of ether oxygens (including phenoxy) is 1. The van der Waals surface area contributed by atoms with Gasteiger partial charge in [-0.1, -0.05) is 6.07 Å². The average Bonchev–Trinajstić information content (AvgIpc) is 2.45. The van der Waals surface area contributed by atoms with Crippen LogP contribution in [0.15, 0.2) is 29.2 Å². The van der Waals surface area contributed by atoms with Crippen LogP contribution in [-0.4, -0.2) is 40.0 Å². The summed E-state index contributed by atoms with van der Waals surface area (Å²) < 4.78 is 29.5. The van der Waals surface area contributed by atoms with Crippen molar-refractivity contribution in [3.63, 3.8) is 0 Å². The predicted molar refractivity (Wildman–Crippen MR) is 77.2 cm³/mol. The summed E-state index contributed by atoms with van der Waals surface area (Å²) in [5.41, 5.74) is 0.351. The molecule has 0 aliphatic heterocycles. The standard InChI is InChI=1S/C14H20N2O3S/c1-3-19-11-12(2)16-7-8-20(17,18)14-6-4-5-13(9-14)10-15/h4-6,9,12,16H,3,7-8,11H2,1-2H3. The Morgan fingerprint density at radius 3 is 2.85 bits per heavy atom. The molecule has 1 rings (SSSR count). The van der Waals surface area contributed by atoms with Gasteiger partial charge < -0.3 is 10.1 Å². The van der Waals surface area contributed by atoms with E-state index in [0.29, 0.717) is 25.3 Å². The summed E-state index contributed by atoms with van der Waals surface area (Å²) >= 11 is 0. The molecule has 1 atom stereocenters. The van der Waals surface area contributed by atoms with Crippen molar-refractivity contribution in [1.82, 2.24) is 5.32 Å². The van der Waals surface area contributed by atoms with E-state index in [4.69, 9.17) is 10.00 Å². The van der Waals surface area contributed by atoms with E-state index in [-0.39, 0.29) is 16.7 Å². The van der Waals surface area contributed by atoms with Gasteiger partial charge in [-0.05, 0) is 32.0 Å². The molecule has 1 aromatic carbocycles. The molecule has 110 valence electrons. The fourth-order valence-electron chi connectivity index (χ4n) is 1.67. The van der Waals surface area contributed by atoms with Gasteiger partial charge in [0.25, 0.3) is 0 Å². The smallest absolute Gasteiger partial charge is 0.179 e. The molecule has 0 aliphatic rings. The molecule has 0 aromatic heterocycles. The van der Waals surface area contributed by atoms with Gasteiger partial charge in [0.1, 0.15) is 0 Å². The first-order valence-corrected chi connectivity index (χ1v) is 8.19. The molecule has 0 fully saturated rings. The number of nitriles is 1. The summed E-state index contributed by atoms with van der Waals surface area (Å²) in [6, 6.07) is 8.13. The Balaban J connectivity index is 2.55. The Kier molecular flexibility index (Phi) is 6.65. The lowest BCUT2D eigenvalue weighted by Crippen LogP contribution is -2.34. The molecule has 1 N–H and O–H groups in total. The van der Waals surface area contributed by atoms with Crippen LogP contribution in [0.4, 0.5) is 0 Å². The maximum atomic E-state index is 12.1. The van der Waals surface area contributed by atoms with Gasteiger partial charge >= 0.3 is 0 Å². The second-order valence-corrected chi connectivity index (χ2v) is 6.58. The summed E-state index contributed by atoms with van der Waals surface area (Å²) in [5, 5.41) is 11.9. The molecule has 0 saturated heterocycles. The molecule has 0 radical (unpaired) electrons. The van der Waals surface area contributed by atoms with Crippen molar-refractivity contribution in [2.24, 2.45) is 0 Å². The maximum absolute atomic E-state index is 12.1. The average molecular weight is 296 g/mol. The third-order valence-corrected chi connectivity index (χ3v) is 4.47. The minimum Gasteiger partial charge on any atom is -0.380 e. The van der Waals surface area contributed by atoms with Crippen molar-refractivity contribution in [3.8, 4) is 6.07 Å². The highest BCUT2D eigenvalue weighted by atomic mass is 32.2. The summed E-state index contributed by atoms with van der Waals surface area (Å²) in [6.07, 6.45) is 0. The van der Waals surface area contributed by atoms with Crippen LogP contribution in [-0.2, 0) is 14.6 Å². The summed E-state index contributed by atoms with van der Waals surface area (Å²) in [6.45, 7) is 5.41. The minimum absolute atomic E-state index is 0.00164. The second-order valence-electron chi connectivity index (χ2n) is 4.47. The van der Waals surface area contributed by atoms with Crippen LogP contribution in [0.2, 0.25) is 0 Å². The summed E-state index contributed by atoms with van der Waals surface area (Å²) in [4.78, 5) is 0.191. The van der Waals surface area contributed by atoms with E-state index < -0.39 is 9.84 Å². The number of nitrogens with one attached hydrogen (secondary N) is 1. The molecule has 1 unspecified atom stereocenters. The first-order chi connectivity index (χ1) is 9.49. The number of sulfone groups is 1. The fraction of sp³-hybridized carbons (Fsp3) is 0.500. The summed E-state index contributed by atoms with van der Waals surface area (Å²) in [5.74, 6) is -0.00164. The molecule has 0 aliphatic carbocycles. The molecule has 0 bridgehead atoms. The van der Waals surface area contributed by atoms with E-state index in [0.717, 1.165) is 0 Å². The third-order valence-electron chi connectivity index (χ3n) is 2.76. The van der Waals surface area contributed by atoms with E-state index >= 15 is 0 Å². The number of rotatable bonds is 8. The monoisotopic (exact) mass is 296 g/mol. The predicted octanol–water partition coefficient (Wildman–Crippen LogP) is 1.35. The van der Waals surface area contributed by atoms with Crippen molar-refractivity contribution in [2.75, 3.05) is 25.5 Å². The van der Waals surface area contributed by atoms with E-state index in [9.17, 15) is 8.42 Å². The lowest BCUT2D eigenvalue weighted by Gasteiger charge is -2.13. The van der Waals surface area contributed by atoms with Crippen LogP contribution in [0.25, 0.3) is 0 Å². The first kappa shape index (κ1) is 16.6. The SMILES string of the molecule is CCOCC(C)NCCS(=O)(=O)c1cccc(C#N)c1. The van der Waals surface area contributed by atoms with Crippen molar-refractivity contribution in [2.45, 2.75) is 24.8 Å². The third kappa shape index (κ3) is 5.29. The number of hydrogen-bond donors (Lipinski definition) is 1. The second kappa shape index (κ2) is 8.00. The van der Waals surface area contributed by atoms with Crippen LogP contribution in [0.1, 0.15) is 19.4 Å². The largest absolute Gasteiger partial charge is 0.380 e. The Morgan fingerprint density at radius 2 is 2.20 bits per heavy atom. The molecule has 1 aromatic rings. The lowest BCUT2D eigenvalue weighted by molar-refractivity contribution is 0.128. The molecule has 0 heterocycles. The highest BCUT2D eigenvalue weighted by Gasteiger charge is 2.15. The zero-order chi connectivity index (χ0) is 15.0. The van der Waals surface area contributed by atoms with Crippen LogP contribution in [0.3, 0.4) is 0 Å². The first-order valence-electron chi connectivity index (χ1n) is 6.53. The van der Waals surface area contributed by atoms with Crippen molar-refractivity contribution < 1.29 is 13.2 Å². The van der Waals surface area contributed by atoms with Gasteiger partial charge in [-0.25, -0.2) is 8.42 Å². The van der Waals surface area contributed by atoms with Crippen LogP contribution in [0.5, 0.6) is 0 Å². The topological polar surface area (TPSA) is 79.2 Å². The van der Waals surface area contributed by atoms with Gasteiger partial charge in [0.15, 0.2) is 9.84 Å². The highest BCUT2D eigenvalue weighted by molar-refractivity contribution is 7.91. The van der Waals surface area contributed by atoms with Gasteiger partial charge in [-0.3, -0.25) is 0 Å². The quantitative estimate of drug-likeness (QED) is 0.783. The van der Waals surface area contributed by atoms with Gasteiger partial charge in [-0.2, -0.15) is 5.26 Å². The van der Waals surface area contributed by atoms with E-state index in [1.807, 2.05) is 19.9 Å². The van der Waals surface area contributed by atoms with Gasteiger partial charge in [0.05, 0.1) is 28.9 Å².